The van der Waals surface area contributed by atoms with Gasteiger partial charge in [-0.2, -0.15) is 0 Å². The summed E-state index contributed by atoms with van der Waals surface area (Å²) in [6.07, 6.45) is 5.36. The number of fused-ring (bicyclic) bond motifs is 3. The van der Waals surface area contributed by atoms with Gasteiger partial charge in [-0.3, -0.25) is 0 Å². The number of benzene rings is 1. The first-order chi connectivity index (χ1) is 13.4. The lowest BCUT2D eigenvalue weighted by Crippen LogP contribution is -2.37. The summed E-state index contributed by atoms with van der Waals surface area (Å²) in [7, 11) is 1.66. The molecule has 0 bridgehead atoms. The maximum Gasteiger partial charge on any atom is 0.131 e. The summed E-state index contributed by atoms with van der Waals surface area (Å²) in [6, 6.07) is 6.16. The van der Waals surface area contributed by atoms with Crippen LogP contribution in [0.1, 0.15) is 50.7 Å². The van der Waals surface area contributed by atoms with Crippen molar-refractivity contribution in [3.05, 3.63) is 35.7 Å². The third-order valence-electron chi connectivity index (χ3n) is 5.84. The van der Waals surface area contributed by atoms with E-state index in [4.69, 9.17) is 21.0 Å². The Morgan fingerprint density at radius 2 is 1.86 bits per heavy atom. The number of anilines is 1. The van der Waals surface area contributed by atoms with Crippen molar-refractivity contribution in [2.45, 2.75) is 57.1 Å². The van der Waals surface area contributed by atoms with Crippen molar-refractivity contribution >= 4 is 11.5 Å². The van der Waals surface area contributed by atoms with Crippen LogP contribution >= 0.6 is 0 Å². The molecule has 1 saturated carbocycles. The van der Waals surface area contributed by atoms with Crippen LogP contribution in [0.5, 0.6) is 5.75 Å². The van der Waals surface area contributed by atoms with Gasteiger partial charge in [0.15, 0.2) is 0 Å². The Kier molecular flexibility index (Phi) is 4.71. The minimum Gasteiger partial charge on any atom is -0.497 e. The molecule has 2 aliphatic carbocycles. The van der Waals surface area contributed by atoms with Crippen molar-refractivity contribution < 1.29 is 9.57 Å². The first kappa shape index (κ1) is 18.7. The number of rotatable bonds is 3. The van der Waals surface area contributed by atoms with Gasteiger partial charge < -0.3 is 21.0 Å². The summed E-state index contributed by atoms with van der Waals surface area (Å²) in [4.78, 5) is 14.7. The van der Waals surface area contributed by atoms with Gasteiger partial charge in [0.2, 0.25) is 0 Å². The minimum atomic E-state index is -0.509. The highest BCUT2D eigenvalue weighted by molar-refractivity contribution is 6.15. The molecule has 0 amide bonds. The summed E-state index contributed by atoms with van der Waals surface area (Å²) in [6.45, 7) is 4.15. The number of nitrogens with two attached hydrogens (primary N) is 2. The van der Waals surface area contributed by atoms with Crippen LogP contribution in [-0.4, -0.2) is 34.9 Å². The summed E-state index contributed by atoms with van der Waals surface area (Å²) in [5.41, 5.74) is 16.2. The lowest BCUT2D eigenvalue weighted by molar-refractivity contribution is 0.0286. The smallest absolute Gasteiger partial charge is 0.131 e. The van der Waals surface area contributed by atoms with E-state index in [-0.39, 0.29) is 12.1 Å². The van der Waals surface area contributed by atoms with Gasteiger partial charge in [-0.05, 0) is 57.7 Å². The van der Waals surface area contributed by atoms with Gasteiger partial charge in [-0.25, -0.2) is 9.97 Å². The van der Waals surface area contributed by atoms with Crippen LogP contribution in [-0.2, 0) is 10.3 Å². The first-order valence-electron chi connectivity index (χ1n) is 9.71. The highest BCUT2D eigenvalue weighted by atomic mass is 16.6. The molecule has 0 unspecified atom stereocenters. The predicted octanol–water partition coefficient (Wildman–Crippen LogP) is 3.02. The molecule has 4 N–H and O–H groups in total. The molecule has 28 heavy (non-hydrogen) atoms. The Morgan fingerprint density at radius 3 is 2.57 bits per heavy atom. The quantitative estimate of drug-likeness (QED) is 0.791. The zero-order valence-corrected chi connectivity index (χ0v) is 16.6. The van der Waals surface area contributed by atoms with E-state index in [9.17, 15) is 0 Å². The van der Waals surface area contributed by atoms with E-state index >= 15 is 0 Å². The van der Waals surface area contributed by atoms with E-state index in [0.29, 0.717) is 5.82 Å². The maximum atomic E-state index is 6.26. The lowest BCUT2D eigenvalue weighted by Gasteiger charge is -2.35. The zero-order valence-electron chi connectivity index (χ0n) is 16.6. The number of ether oxygens (including phenoxy) is 1. The number of nitrogens with zero attached hydrogens (tertiary/aromatic N) is 3. The van der Waals surface area contributed by atoms with Gasteiger partial charge in [0.25, 0.3) is 0 Å². The molecule has 0 aliphatic heterocycles. The molecule has 4 rings (SSSR count). The van der Waals surface area contributed by atoms with Crippen LogP contribution in [0.25, 0.3) is 11.3 Å². The van der Waals surface area contributed by atoms with Crippen molar-refractivity contribution in [1.82, 2.24) is 9.97 Å². The fourth-order valence-electron chi connectivity index (χ4n) is 4.21. The van der Waals surface area contributed by atoms with Crippen molar-refractivity contribution in [1.29, 1.82) is 0 Å². The Bertz CT molecular complexity index is 917. The van der Waals surface area contributed by atoms with Gasteiger partial charge in [-0.1, -0.05) is 5.16 Å². The number of methoxy groups -OCH3 is 1. The fourth-order valence-corrected chi connectivity index (χ4v) is 4.21. The van der Waals surface area contributed by atoms with Crippen LogP contribution in [0, 0.1) is 0 Å². The molecular formula is C21H27N5O2. The third kappa shape index (κ3) is 3.09. The molecule has 0 radical (unpaired) electrons. The molecule has 0 saturated heterocycles. The van der Waals surface area contributed by atoms with Gasteiger partial charge >= 0.3 is 0 Å². The molecule has 1 fully saturated rings. The van der Waals surface area contributed by atoms with Gasteiger partial charge in [-0.15, -0.1) is 0 Å². The van der Waals surface area contributed by atoms with Crippen LogP contribution in [0.2, 0.25) is 0 Å². The molecule has 2 aliphatic rings. The second-order valence-corrected chi connectivity index (χ2v) is 8.10. The Balaban J connectivity index is 1.81. The molecule has 2 aromatic rings. The van der Waals surface area contributed by atoms with Crippen molar-refractivity contribution in [3.8, 4) is 17.0 Å². The Morgan fingerprint density at radius 1 is 1.11 bits per heavy atom. The SMILES string of the molecule is COc1ccc2c(c1)/C(=N\O[C@H]1CC[C@@H](N)CC1)C(C)(C)c1c(N)ncnc1-2. The summed E-state index contributed by atoms with van der Waals surface area (Å²) in [5, 5.41) is 4.65. The van der Waals surface area contributed by atoms with E-state index < -0.39 is 5.41 Å². The molecule has 1 heterocycles. The van der Waals surface area contributed by atoms with E-state index in [2.05, 4.69) is 29.0 Å². The van der Waals surface area contributed by atoms with Crippen molar-refractivity contribution in [2.75, 3.05) is 12.8 Å². The molecule has 7 nitrogen and oxygen atoms in total. The first-order valence-corrected chi connectivity index (χ1v) is 9.71. The summed E-state index contributed by atoms with van der Waals surface area (Å²) >= 11 is 0. The lowest BCUT2D eigenvalue weighted by atomic mass is 9.70. The number of aromatic nitrogens is 2. The fraction of sp³-hybridized carbons (Fsp3) is 0.476. The summed E-state index contributed by atoms with van der Waals surface area (Å²) in [5.74, 6) is 1.23. The molecule has 0 spiro atoms. The summed E-state index contributed by atoms with van der Waals surface area (Å²) < 4.78 is 5.45. The molecule has 1 aromatic carbocycles. The van der Waals surface area contributed by atoms with E-state index in [1.165, 1.54) is 6.33 Å². The topological polar surface area (TPSA) is 109 Å². The zero-order chi connectivity index (χ0) is 19.9. The van der Waals surface area contributed by atoms with Gasteiger partial charge in [0.1, 0.15) is 24.0 Å². The average molecular weight is 381 g/mol. The Labute approximate surface area is 165 Å². The third-order valence-corrected chi connectivity index (χ3v) is 5.84. The molecule has 148 valence electrons. The van der Waals surface area contributed by atoms with E-state index in [0.717, 1.165) is 59.5 Å². The van der Waals surface area contributed by atoms with Gasteiger partial charge in [0, 0.05) is 28.1 Å². The maximum absolute atomic E-state index is 6.26. The molecular weight excluding hydrogens is 354 g/mol. The van der Waals surface area contributed by atoms with E-state index in [1.54, 1.807) is 7.11 Å². The predicted molar refractivity (Wildman–Crippen MR) is 109 cm³/mol. The van der Waals surface area contributed by atoms with Crippen LogP contribution in [0.4, 0.5) is 5.82 Å². The van der Waals surface area contributed by atoms with E-state index in [1.807, 2.05) is 18.2 Å². The second kappa shape index (κ2) is 7.05. The van der Waals surface area contributed by atoms with Crippen molar-refractivity contribution in [2.24, 2.45) is 10.9 Å². The molecule has 7 heteroatoms. The standard InChI is InChI=1S/C21H27N5O2/c1-21(2)17-18(24-11-25-20(17)23)15-9-8-14(27-3)10-16(15)19(21)26-28-13-6-4-12(22)5-7-13/h8-13H,4-7,22H2,1-3H3,(H2,23,24,25)/b26-19+/t12-,13+. The molecule has 1 aromatic heterocycles. The normalized spacial score (nSPS) is 24.4. The van der Waals surface area contributed by atoms with Crippen LogP contribution in [0.3, 0.4) is 0 Å². The van der Waals surface area contributed by atoms with Crippen molar-refractivity contribution in [3.63, 3.8) is 0 Å². The Hall–Kier alpha value is -2.67. The minimum absolute atomic E-state index is 0.0860. The number of oxime groups is 1. The van der Waals surface area contributed by atoms with Gasteiger partial charge in [0.05, 0.1) is 18.5 Å². The molecule has 0 atom stereocenters. The monoisotopic (exact) mass is 381 g/mol. The average Bonchev–Trinajstić information content (AvgIpc) is 2.68. The highest BCUT2D eigenvalue weighted by Crippen LogP contribution is 2.45. The number of nitrogen functional groups attached to an aromatic ring is 1. The van der Waals surface area contributed by atoms with Crippen LogP contribution in [0.15, 0.2) is 29.7 Å². The number of hydrogen-bond donors (Lipinski definition) is 2. The second-order valence-electron chi connectivity index (χ2n) is 8.10. The number of hydrogen-bond acceptors (Lipinski definition) is 7. The largest absolute Gasteiger partial charge is 0.497 e. The van der Waals surface area contributed by atoms with Crippen LogP contribution < -0.4 is 16.2 Å². The highest BCUT2D eigenvalue weighted by Gasteiger charge is 2.41.